The number of nitrogens with one attached hydrogen (secondary N) is 1. The van der Waals surface area contributed by atoms with Crippen molar-refractivity contribution in [2.24, 2.45) is 0 Å². The minimum atomic E-state index is -1.82. The van der Waals surface area contributed by atoms with E-state index in [4.69, 9.17) is 38.7 Å². The minimum Gasteiger partial charge on any atom is -0.493 e. The molecule has 2 aliphatic rings. The molecule has 194 valence electrons. The Bertz CT molecular complexity index is 1070. The van der Waals surface area contributed by atoms with Crippen molar-refractivity contribution in [2.75, 3.05) is 59.1 Å². The molecule has 0 saturated carbocycles. The number of carboxylic acids is 2. The summed E-state index contributed by atoms with van der Waals surface area (Å²) in [6, 6.07) is 11.4. The van der Waals surface area contributed by atoms with Crippen LogP contribution < -0.4 is 24.3 Å². The number of hydrogen-bond donors (Lipinski definition) is 3. The summed E-state index contributed by atoms with van der Waals surface area (Å²) < 4.78 is 21.3. The highest BCUT2D eigenvalue weighted by atomic mass is 16.7. The molecule has 1 fully saturated rings. The second-order valence-corrected chi connectivity index (χ2v) is 7.97. The lowest BCUT2D eigenvalue weighted by Gasteiger charge is -2.34. The number of carbonyl (C=O) groups is 3. The molecule has 12 nitrogen and oxygen atoms in total. The maximum Gasteiger partial charge on any atom is 0.414 e. The van der Waals surface area contributed by atoms with Crippen LogP contribution >= 0.6 is 0 Å². The number of aliphatic carboxylic acids is 2. The van der Waals surface area contributed by atoms with E-state index in [1.54, 1.807) is 26.4 Å². The molecule has 36 heavy (non-hydrogen) atoms. The molecule has 0 radical (unpaired) electrons. The summed E-state index contributed by atoms with van der Waals surface area (Å²) in [5.74, 6) is -0.833. The van der Waals surface area contributed by atoms with Gasteiger partial charge in [-0.3, -0.25) is 14.6 Å². The van der Waals surface area contributed by atoms with E-state index < -0.39 is 11.9 Å². The molecular formula is C24H29N3O9. The molecule has 2 aromatic carbocycles. The zero-order chi connectivity index (χ0) is 26.1. The largest absolute Gasteiger partial charge is 0.493 e. The minimum absolute atomic E-state index is 0.0357. The molecule has 2 aliphatic heterocycles. The molecule has 2 heterocycles. The van der Waals surface area contributed by atoms with Gasteiger partial charge in [0.15, 0.2) is 23.0 Å². The predicted octanol–water partition coefficient (Wildman–Crippen LogP) is 1.34. The van der Waals surface area contributed by atoms with E-state index in [1.807, 2.05) is 18.2 Å². The second-order valence-electron chi connectivity index (χ2n) is 7.97. The lowest BCUT2D eigenvalue weighted by atomic mass is 10.1. The summed E-state index contributed by atoms with van der Waals surface area (Å²) in [4.78, 5) is 35.2. The highest BCUT2D eigenvalue weighted by molar-refractivity contribution is 6.27. The smallest absolute Gasteiger partial charge is 0.414 e. The average Bonchev–Trinajstić information content (AvgIpc) is 3.33. The molecule has 1 saturated heterocycles. The number of benzene rings is 2. The van der Waals surface area contributed by atoms with Crippen molar-refractivity contribution in [3.63, 3.8) is 0 Å². The first-order valence-corrected chi connectivity index (χ1v) is 11.1. The molecule has 1 amide bonds. The van der Waals surface area contributed by atoms with Crippen molar-refractivity contribution < 1.29 is 43.5 Å². The van der Waals surface area contributed by atoms with Gasteiger partial charge in [0.2, 0.25) is 12.7 Å². The molecular weight excluding hydrogens is 474 g/mol. The highest BCUT2D eigenvalue weighted by Gasteiger charge is 2.20. The summed E-state index contributed by atoms with van der Waals surface area (Å²) in [6.45, 7) is 5.06. The van der Waals surface area contributed by atoms with Crippen molar-refractivity contribution in [3.8, 4) is 23.0 Å². The molecule has 0 unspecified atom stereocenters. The lowest BCUT2D eigenvalue weighted by molar-refractivity contribution is -0.159. The van der Waals surface area contributed by atoms with Crippen LogP contribution in [0.1, 0.15) is 5.56 Å². The summed E-state index contributed by atoms with van der Waals surface area (Å²) in [7, 11) is 3.16. The molecule has 12 heteroatoms. The average molecular weight is 504 g/mol. The van der Waals surface area contributed by atoms with E-state index in [1.165, 1.54) is 5.56 Å². The predicted molar refractivity (Wildman–Crippen MR) is 128 cm³/mol. The summed E-state index contributed by atoms with van der Waals surface area (Å²) in [5.41, 5.74) is 1.90. The third kappa shape index (κ3) is 7.48. The monoisotopic (exact) mass is 503 g/mol. The first-order valence-electron chi connectivity index (χ1n) is 11.1. The number of ether oxygens (including phenoxy) is 4. The SMILES string of the molecule is COc1ccc(NC(=O)CN2CCN(Cc3ccc4c(c3)OCO4)CC2)cc1OC.O=C(O)C(=O)O. The fourth-order valence-electron chi connectivity index (χ4n) is 3.72. The van der Waals surface area contributed by atoms with Crippen LogP contribution in [0, 0.1) is 0 Å². The molecule has 0 bridgehead atoms. The Hall–Kier alpha value is -4.03. The number of nitrogens with zero attached hydrogens (tertiary/aromatic N) is 2. The van der Waals surface area contributed by atoms with Crippen molar-refractivity contribution >= 4 is 23.5 Å². The number of piperazine rings is 1. The first-order chi connectivity index (χ1) is 17.3. The van der Waals surface area contributed by atoms with Crippen molar-refractivity contribution in [2.45, 2.75) is 6.54 Å². The van der Waals surface area contributed by atoms with E-state index in [0.717, 1.165) is 44.2 Å². The first kappa shape index (κ1) is 26.6. The van der Waals surface area contributed by atoms with Crippen LogP contribution in [0.15, 0.2) is 36.4 Å². The highest BCUT2D eigenvalue weighted by Crippen LogP contribution is 2.33. The van der Waals surface area contributed by atoms with Gasteiger partial charge in [0, 0.05) is 44.5 Å². The van der Waals surface area contributed by atoms with Crippen molar-refractivity contribution in [3.05, 3.63) is 42.0 Å². The van der Waals surface area contributed by atoms with Gasteiger partial charge < -0.3 is 34.5 Å². The molecule has 3 N–H and O–H groups in total. The molecule has 0 aromatic heterocycles. The van der Waals surface area contributed by atoms with E-state index in [-0.39, 0.29) is 5.91 Å². The van der Waals surface area contributed by atoms with E-state index in [9.17, 15) is 4.79 Å². The Morgan fingerprint density at radius 2 is 1.50 bits per heavy atom. The summed E-state index contributed by atoms with van der Waals surface area (Å²) in [5, 5.41) is 17.7. The number of fused-ring (bicyclic) bond motifs is 1. The Morgan fingerprint density at radius 3 is 2.14 bits per heavy atom. The number of carbonyl (C=O) groups excluding carboxylic acids is 1. The van der Waals surface area contributed by atoms with Crippen LogP contribution in [0.2, 0.25) is 0 Å². The fourth-order valence-corrected chi connectivity index (χ4v) is 3.72. The van der Waals surface area contributed by atoms with Crippen LogP contribution in [0.5, 0.6) is 23.0 Å². The third-order valence-electron chi connectivity index (χ3n) is 5.53. The number of anilines is 1. The van der Waals surface area contributed by atoms with Crippen molar-refractivity contribution in [1.29, 1.82) is 0 Å². The van der Waals surface area contributed by atoms with Gasteiger partial charge in [-0.1, -0.05) is 6.07 Å². The van der Waals surface area contributed by atoms with E-state index >= 15 is 0 Å². The molecule has 0 aliphatic carbocycles. The number of hydrogen-bond acceptors (Lipinski definition) is 9. The Kier molecular flexibility index (Phi) is 9.31. The maximum absolute atomic E-state index is 12.5. The molecule has 0 spiro atoms. The molecule has 4 rings (SSSR count). The quantitative estimate of drug-likeness (QED) is 0.470. The van der Waals surface area contributed by atoms with Gasteiger partial charge in [-0.05, 0) is 29.8 Å². The van der Waals surface area contributed by atoms with Crippen LogP contribution in [0.4, 0.5) is 5.69 Å². The summed E-state index contributed by atoms with van der Waals surface area (Å²) >= 11 is 0. The molecule has 0 atom stereocenters. The number of methoxy groups -OCH3 is 2. The van der Waals surface area contributed by atoms with E-state index in [2.05, 4.69) is 21.2 Å². The second kappa shape index (κ2) is 12.6. The maximum atomic E-state index is 12.5. The topological polar surface area (TPSA) is 147 Å². The normalized spacial score (nSPS) is 14.8. The van der Waals surface area contributed by atoms with Gasteiger partial charge in [0.25, 0.3) is 0 Å². The number of amides is 1. The Balaban J connectivity index is 0.000000538. The zero-order valence-corrected chi connectivity index (χ0v) is 20.1. The van der Waals surface area contributed by atoms with Crippen LogP contribution in [0.25, 0.3) is 0 Å². The van der Waals surface area contributed by atoms with Crippen LogP contribution in [-0.2, 0) is 20.9 Å². The van der Waals surface area contributed by atoms with Gasteiger partial charge in [-0.2, -0.15) is 0 Å². The fraction of sp³-hybridized carbons (Fsp3) is 0.375. The van der Waals surface area contributed by atoms with Crippen molar-refractivity contribution in [1.82, 2.24) is 9.80 Å². The van der Waals surface area contributed by atoms with Gasteiger partial charge in [-0.25, -0.2) is 9.59 Å². The van der Waals surface area contributed by atoms with E-state index in [0.29, 0.717) is 30.5 Å². The zero-order valence-electron chi connectivity index (χ0n) is 20.1. The van der Waals surface area contributed by atoms with Gasteiger partial charge in [0.05, 0.1) is 20.8 Å². The Morgan fingerprint density at radius 1 is 0.861 bits per heavy atom. The van der Waals surface area contributed by atoms with Crippen LogP contribution in [-0.4, -0.2) is 91.6 Å². The van der Waals surface area contributed by atoms with Gasteiger partial charge >= 0.3 is 11.9 Å². The molecule has 2 aromatic rings. The third-order valence-corrected chi connectivity index (χ3v) is 5.53. The van der Waals surface area contributed by atoms with Gasteiger partial charge in [0.1, 0.15) is 0 Å². The lowest BCUT2D eigenvalue weighted by Crippen LogP contribution is -2.48. The summed E-state index contributed by atoms with van der Waals surface area (Å²) in [6.07, 6.45) is 0. The van der Waals surface area contributed by atoms with Gasteiger partial charge in [-0.15, -0.1) is 0 Å². The standard InChI is InChI=1S/C22H27N3O5.C2H2O4/c1-27-18-6-4-17(12-20(18)28-2)23-22(26)14-25-9-7-24(8-10-25)13-16-3-5-19-21(11-16)30-15-29-19;3-1(4)2(5)6/h3-6,11-12H,7-10,13-15H2,1-2H3,(H,23,26);(H,3,4)(H,5,6). The number of rotatable bonds is 7. The Labute approximate surface area is 207 Å². The van der Waals surface area contributed by atoms with Crippen LogP contribution in [0.3, 0.4) is 0 Å². The number of carboxylic acid groups (broad SMARTS) is 2.